The molecule has 4 rings (SSSR count). The van der Waals surface area contributed by atoms with E-state index in [1.807, 2.05) is 0 Å². The number of carbonyl (C=O) groups excluding carboxylic acids is 3. The normalized spacial score (nSPS) is 12.0. The number of esters is 1. The van der Waals surface area contributed by atoms with Crippen molar-refractivity contribution in [3.05, 3.63) is 114 Å². The van der Waals surface area contributed by atoms with Gasteiger partial charge in [-0.3, -0.25) is 29.8 Å². The zero-order valence-corrected chi connectivity index (χ0v) is 16.1. The Balaban J connectivity index is 1.69. The zero-order chi connectivity index (χ0) is 23.0. The van der Waals surface area contributed by atoms with Crippen molar-refractivity contribution in [1.82, 2.24) is 0 Å². The summed E-state index contributed by atoms with van der Waals surface area (Å²) in [7, 11) is 0. The number of nitro benzene ring substituents is 2. The molecule has 3 aromatic carbocycles. The molecule has 0 N–H and O–H groups in total. The van der Waals surface area contributed by atoms with E-state index in [9.17, 15) is 34.6 Å². The highest BCUT2D eigenvalue weighted by molar-refractivity contribution is 6.30. The van der Waals surface area contributed by atoms with E-state index in [4.69, 9.17) is 4.74 Å². The number of ether oxygens (including phenoxy) is 1. The summed E-state index contributed by atoms with van der Waals surface area (Å²) >= 11 is 0. The molecule has 0 radical (unpaired) electrons. The molecule has 0 fully saturated rings. The molecule has 0 aromatic heterocycles. The van der Waals surface area contributed by atoms with Crippen molar-refractivity contribution < 1.29 is 29.0 Å². The van der Waals surface area contributed by atoms with Crippen LogP contribution in [0.4, 0.5) is 11.4 Å². The van der Waals surface area contributed by atoms with Crippen molar-refractivity contribution in [2.45, 2.75) is 6.61 Å². The van der Waals surface area contributed by atoms with E-state index >= 15 is 0 Å². The van der Waals surface area contributed by atoms with Gasteiger partial charge in [0.15, 0.2) is 5.78 Å². The Hall–Kier alpha value is -4.73. The van der Waals surface area contributed by atoms with Crippen LogP contribution in [-0.4, -0.2) is 27.4 Å². The van der Waals surface area contributed by atoms with Crippen LogP contribution >= 0.6 is 0 Å². The van der Waals surface area contributed by atoms with Crippen LogP contribution in [-0.2, 0) is 11.3 Å². The van der Waals surface area contributed by atoms with Gasteiger partial charge in [0, 0.05) is 28.8 Å². The maximum absolute atomic E-state index is 13.0. The summed E-state index contributed by atoms with van der Waals surface area (Å²) in [6.45, 7) is -0.305. The van der Waals surface area contributed by atoms with Crippen molar-refractivity contribution in [2.75, 3.05) is 0 Å². The lowest BCUT2D eigenvalue weighted by molar-refractivity contribution is -0.385. The molecule has 158 valence electrons. The Kier molecular flexibility index (Phi) is 5.03. The van der Waals surface area contributed by atoms with Crippen LogP contribution in [0.25, 0.3) is 0 Å². The molecule has 0 atom stereocenters. The fraction of sp³-hybridized carbons (Fsp3) is 0.0455. The summed E-state index contributed by atoms with van der Waals surface area (Å²) < 4.78 is 5.12. The van der Waals surface area contributed by atoms with E-state index in [0.29, 0.717) is 5.56 Å². The van der Waals surface area contributed by atoms with Crippen molar-refractivity contribution >= 4 is 28.9 Å². The summed E-state index contributed by atoms with van der Waals surface area (Å²) in [6, 6.07) is 13.4. The first-order valence-corrected chi connectivity index (χ1v) is 9.20. The van der Waals surface area contributed by atoms with Crippen LogP contribution in [0.1, 0.15) is 47.8 Å². The molecule has 0 saturated carbocycles. The Morgan fingerprint density at radius 1 is 0.781 bits per heavy atom. The molecule has 32 heavy (non-hydrogen) atoms. The van der Waals surface area contributed by atoms with Crippen LogP contribution in [0.5, 0.6) is 0 Å². The third-order valence-electron chi connectivity index (χ3n) is 4.99. The third-order valence-corrected chi connectivity index (χ3v) is 4.99. The van der Waals surface area contributed by atoms with Crippen molar-refractivity contribution in [1.29, 1.82) is 0 Å². The standard InChI is InChI=1S/C22H12N2O8/c25-20-14-3-1-2-4-15(14)21(26)18-16(20)9-10-17(19(18)24(30)31)22(27)32-11-12-5-7-13(8-6-12)23(28)29/h1-10H,11H2. The lowest BCUT2D eigenvalue weighted by atomic mass is 9.82. The zero-order valence-electron chi connectivity index (χ0n) is 16.1. The topological polar surface area (TPSA) is 147 Å². The highest BCUT2D eigenvalue weighted by atomic mass is 16.6. The maximum atomic E-state index is 13.0. The highest BCUT2D eigenvalue weighted by Crippen LogP contribution is 2.35. The van der Waals surface area contributed by atoms with Crippen LogP contribution in [0.3, 0.4) is 0 Å². The van der Waals surface area contributed by atoms with E-state index in [-0.39, 0.29) is 29.0 Å². The molecule has 0 amide bonds. The molecule has 0 aliphatic heterocycles. The van der Waals surface area contributed by atoms with Gasteiger partial charge in [0.2, 0.25) is 5.78 Å². The molecule has 0 unspecified atom stereocenters. The monoisotopic (exact) mass is 432 g/mol. The molecule has 1 aliphatic carbocycles. The SMILES string of the molecule is O=C1c2ccccc2C(=O)c2c1ccc(C(=O)OCc1ccc([N+](=O)[O-])cc1)c2[N+](=O)[O-]. The van der Waals surface area contributed by atoms with Crippen LogP contribution < -0.4 is 0 Å². The second-order valence-corrected chi connectivity index (χ2v) is 6.84. The van der Waals surface area contributed by atoms with Gasteiger partial charge in [-0.25, -0.2) is 4.79 Å². The fourth-order valence-corrected chi connectivity index (χ4v) is 3.46. The average molecular weight is 432 g/mol. The minimum Gasteiger partial charge on any atom is -0.457 e. The van der Waals surface area contributed by atoms with E-state index in [1.54, 1.807) is 6.07 Å². The summed E-state index contributed by atoms with van der Waals surface area (Å²) in [5.74, 6) is -2.35. The van der Waals surface area contributed by atoms with E-state index in [2.05, 4.69) is 0 Å². The average Bonchev–Trinajstić information content (AvgIpc) is 2.80. The largest absolute Gasteiger partial charge is 0.457 e. The van der Waals surface area contributed by atoms with Gasteiger partial charge in [-0.05, 0) is 29.8 Å². The first-order valence-electron chi connectivity index (χ1n) is 9.20. The molecule has 10 nitrogen and oxygen atoms in total. The van der Waals surface area contributed by atoms with Gasteiger partial charge in [-0.15, -0.1) is 0 Å². The number of nitro groups is 2. The summed E-state index contributed by atoms with van der Waals surface area (Å²) in [5.41, 5.74) is -1.47. The van der Waals surface area contributed by atoms with Gasteiger partial charge in [-0.1, -0.05) is 24.3 Å². The number of benzene rings is 3. The second-order valence-electron chi connectivity index (χ2n) is 6.84. The third kappa shape index (κ3) is 3.39. The summed E-state index contributed by atoms with van der Waals surface area (Å²) in [6.07, 6.45) is 0. The number of non-ortho nitro benzene ring substituents is 1. The maximum Gasteiger partial charge on any atom is 0.345 e. The van der Waals surface area contributed by atoms with Crippen molar-refractivity contribution in [3.8, 4) is 0 Å². The van der Waals surface area contributed by atoms with Gasteiger partial charge in [0.25, 0.3) is 11.4 Å². The van der Waals surface area contributed by atoms with Gasteiger partial charge >= 0.3 is 5.97 Å². The van der Waals surface area contributed by atoms with Crippen LogP contribution in [0.15, 0.2) is 60.7 Å². The number of ketones is 2. The lowest BCUT2D eigenvalue weighted by Crippen LogP contribution is -2.23. The molecule has 3 aromatic rings. The van der Waals surface area contributed by atoms with Crippen molar-refractivity contribution in [2.24, 2.45) is 0 Å². The number of hydrogen-bond donors (Lipinski definition) is 0. The van der Waals surface area contributed by atoms with E-state index < -0.39 is 44.2 Å². The minimum absolute atomic E-state index is 0.0181. The molecule has 1 aliphatic rings. The van der Waals surface area contributed by atoms with Gasteiger partial charge in [-0.2, -0.15) is 0 Å². The first-order chi connectivity index (χ1) is 15.3. The summed E-state index contributed by atoms with van der Waals surface area (Å²) in [4.78, 5) is 59.4. The van der Waals surface area contributed by atoms with E-state index in [1.165, 1.54) is 48.5 Å². The molecular formula is C22H12N2O8. The first kappa shape index (κ1) is 20.5. The Bertz CT molecular complexity index is 1330. The lowest BCUT2D eigenvalue weighted by Gasteiger charge is -2.18. The van der Waals surface area contributed by atoms with Gasteiger partial charge in [0.05, 0.1) is 9.85 Å². The second kappa shape index (κ2) is 7.84. The Labute approximate surface area is 179 Å². The Morgan fingerprint density at radius 3 is 2.00 bits per heavy atom. The molecule has 10 heteroatoms. The number of rotatable bonds is 5. The van der Waals surface area contributed by atoms with Crippen LogP contribution in [0.2, 0.25) is 0 Å². The quantitative estimate of drug-likeness (QED) is 0.264. The predicted molar refractivity (Wildman–Crippen MR) is 109 cm³/mol. The fourth-order valence-electron chi connectivity index (χ4n) is 3.46. The van der Waals surface area contributed by atoms with Gasteiger partial charge in [0.1, 0.15) is 17.7 Å². The van der Waals surface area contributed by atoms with E-state index in [0.717, 1.165) is 6.07 Å². The highest BCUT2D eigenvalue weighted by Gasteiger charge is 2.38. The molecule has 0 spiro atoms. The molecule has 0 bridgehead atoms. The predicted octanol–water partition coefficient (Wildman–Crippen LogP) is 3.64. The number of fused-ring (bicyclic) bond motifs is 2. The number of hydrogen-bond acceptors (Lipinski definition) is 8. The summed E-state index contributed by atoms with van der Waals surface area (Å²) in [5, 5.41) is 22.5. The van der Waals surface area contributed by atoms with Gasteiger partial charge < -0.3 is 4.74 Å². The number of carbonyl (C=O) groups is 3. The molecule has 0 heterocycles. The number of nitrogens with zero attached hydrogens (tertiary/aromatic N) is 2. The van der Waals surface area contributed by atoms with Crippen molar-refractivity contribution in [3.63, 3.8) is 0 Å². The smallest absolute Gasteiger partial charge is 0.345 e. The minimum atomic E-state index is -1.07. The Morgan fingerprint density at radius 2 is 1.41 bits per heavy atom. The van der Waals surface area contributed by atoms with Crippen LogP contribution in [0, 0.1) is 20.2 Å². The molecule has 0 saturated heterocycles. The molecular weight excluding hydrogens is 420 g/mol.